The van der Waals surface area contributed by atoms with E-state index in [2.05, 4.69) is 496 Å². The van der Waals surface area contributed by atoms with Crippen molar-refractivity contribution in [3.63, 3.8) is 0 Å². The molecule has 576 valence electrons. The van der Waals surface area contributed by atoms with Crippen LogP contribution >= 0.6 is 97.7 Å². The van der Waals surface area contributed by atoms with Gasteiger partial charge in [0, 0.05) is 153 Å². The van der Waals surface area contributed by atoms with E-state index in [9.17, 15) is 0 Å². The lowest BCUT2D eigenvalue weighted by atomic mass is 10.0. The molecule has 0 N–H and O–H groups in total. The van der Waals surface area contributed by atoms with Gasteiger partial charge in [-0.2, -0.15) is 0 Å². The highest BCUT2D eigenvalue weighted by atomic mass is 79.9. The van der Waals surface area contributed by atoms with Gasteiger partial charge in [0.25, 0.3) is 0 Å². The largest absolute Gasteiger partial charge is 0.455 e. The van der Waals surface area contributed by atoms with E-state index in [0.717, 1.165) is 96.7 Å². The van der Waals surface area contributed by atoms with Crippen molar-refractivity contribution in [2.75, 3.05) is 19.6 Å². The quantitative estimate of drug-likeness (QED) is 0.108. The lowest BCUT2D eigenvalue weighted by molar-refractivity contribution is 0.667. The fraction of sp³-hybridized carbons (Fsp3) is 0. The van der Waals surface area contributed by atoms with Crippen molar-refractivity contribution in [1.82, 2.24) is 0 Å². The molecule has 0 saturated heterocycles. The summed E-state index contributed by atoms with van der Waals surface area (Å²) in [5.74, 6) is 0. The van der Waals surface area contributed by atoms with Crippen molar-refractivity contribution in [2.45, 2.75) is 0 Å². The average molecular weight is 1860 g/mol. The first kappa shape index (κ1) is 77.5. The predicted octanol–water partition coefficient (Wildman–Crippen LogP) is 36.0. The summed E-state index contributed by atoms with van der Waals surface area (Å²) in [6, 6.07) is 154. The summed E-state index contributed by atoms with van der Waals surface area (Å²) < 4.78 is 18.2. The topological polar surface area (TPSA) is 26.1 Å². The molecule has 0 aliphatic rings. The minimum Gasteiger partial charge on any atom is -0.455 e. The standard InChI is InChI=1S/2C30H20BrNS.C24H16BrNO.C24H16BrNS/c31-23-14-11-21(12-15-23)22-13-18-29-28(19-22)27-17-16-26(20-30(27)33-29)32(24-7-3-1-4-8-24)25-9-5-2-6-10-25;31-23-14-11-21(12-15-23)22-13-17-29-27(19-22)28-20-26(16-18-30(28)33-29)32(24-7-3-1-4-8-24)25-9-5-2-6-10-25;2*25-22-13-7-12-20-21-16-19(14-15-23(21)27-24(20)22)26(17-8-3-1-4-9-17)18-10-5-2-6-11-18/h2*1-20H;2*1-16H. The lowest BCUT2D eigenvalue weighted by Crippen LogP contribution is -2.09. The minimum atomic E-state index is 0.885. The Kier molecular flexibility index (Phi) is 22.7. The Hall–Kier alpha value is -12.5. The van der Waals surface area contributed by atoms with Gasteiger partial charge in [0.1, 0.15) is 11.2 Å². The number of rotatable bonds is 14. The Balaban J connectivity index is 0.000000106. The van der Waals surface area contributed by atoms with Gasteiger partial charge in [0.05, 0.1) is 4.47 Å². The molecule has 4 heterocycles. The van der Waals surface area contributed by atoms with E-state index < -0.39 is 0 Å². The van der Waals surface area contributed by atoms with Crippen molar-refractivity contribution >= 4 is 248 Å². The Morgan fingerprint density at radius 2 is 0.483 bits per heavy atom. The Morgan fingerprint density at radius 3 is 0.892 bits per heavy atom. The van der Waals surface area contributed by atoms with Crippen LogP contribution in [-0.4, -0.2) is 0 Å². The monoisotopic (exact) mass is 1850 g/mol. The van der Waals surface area contributed by atoms with Gasteiger partial charge in [0.15, 0.2) is 0 Å². The first-order valence-electron chi connectivity index (χ1n) is 39.4. The number of halogens is 4. The predicted molar refractivity (Wildman–Crippen MR) is 532 cm³/mol. The fourth-order valence-electron chi connectivity index (χ4n) is 15.6. The van der Waals surface area contributed by atoms with Crippen molar-refractivity contribution in [3.05, 3.63) is 455 Å². The molecule has 0 unspecified atom stereocenters. The molecule has 0 fully saturated rings. The maximum atomic E-state index is 6.06. The summed E-state index contributed by atoms with van der Waals surface area (Å²) in [6.45, 7) is 0. The third-order valence-corrected chi connectivity index (χ3v) is 27.4. The summed E-state index contributed by atoms with van der Waals surface area (Å²) >= 11 is 19.9. The van der Waals surface area contributed by atoms with Crippen LogP contribution in [0.15, 0.2) is 459 Å². The number of hydrogen-bond donors (Lipinski definition) is 0. The zero-order valence-electron chi connectivity index (χ0n) is 64.5. The van der Waals surface area contributed by atoms with Crippen LogP contribution in [0.5, 0.6) is 0 Å². The number of benzene rings is 18. The van der Waals surface area contributed by atoms with Gasteiger partial charge in [-0.15, -0.1) is 34.0 Å². The zero-order chi connectivity index (χ0) is 80.8. The van der Waals surface area contributed by atoms with Gasteiger partial charge >= 0.3 is 0 Å². The molecule has 22 aromatic rings. The molecule has 12 heteroatoms. The number of hydrogen-bond acceptors (Lipinski definition) is 8. The summed E-state index contributed by atoms with van der Waals surface area (Å²) in [6.07, 6.45) is 0. The second-order valence-corrected chi connectivity index (χ2v) is 35.6. The summed E-state index contributed by atoms with van der Waals surface area (Å²) in [4.78, 5) is 9.20. The van der Waals surface area contributed by atoms with Gasteiger partial charge in [-0.25, -0.2) is 0 Å². The van der Waals surface area contributed by atoms with E-state index in [1.54, 1.807) is 0 Å². The van der Waals surface area contributed by atoms with Gasteiger partial charge in [-0.05, 0) is 279 Å². The minimum absolute atomic E-state index is 0.885. The first-order valence-corrected chi connectivity index (χ1v) is 45.0. The average Bonchev–Trinajstić information content (AvgIpc) is 1.62. The molecule has 18 aromatic carbocycles. The molecule has 0 atom stereocenters. The summed E-state index contributed by atoms with van der Waals surface area (Å²) in [7, 11) is 0. The molecule has 0 aliphatic carbocycles. The van der Waals surface area contributed by atoms with Gasteiger partial charge in [-0.1, -0.05) is 244 Å². The highest BCUT2D eigenvalue weighted by Gasteiger charge is 2.21. The molecule has 5 nitrogen and oxygen atoms in total. The molecule has 0 aliphatic heterocycles. The van der Waals surface area contributed by atoms with Gasteiger partial charge in [0.2, 0.25) is 0 Å². The van der Waals surface area contributed by atoms with Crippen LogP contribution in [0.4, 0.5) is 68.2 Å². The highest BCUT2D eigenvalue weighted by Crippen LogP contribution is 2.48. The molecule has 0 spiro atoms. The van der Waals surface area contributed by atoms with Crippen molar-refractivity contribution in [3.8, 4) is 22.3 Å². The van der Waals surface area contributed by atoms with Crippen LogP contribution in [0, 0.1) is 0 Å². The first-order chi connectivity index (χ1) is 59.1. The number of para-hydroxylation sites is 9. The second-order valence-electron chi connectivity index (χ2n) is 28.8. The van der Waals surface area contributed by atoms with Crippen LogP contribution in [0.25, 0.3) is 105 Å². The molecule has 120 heavy (non-hydrogen) atoms. The number of nitrogens with zero attached hydrogens (tertiary/aromatic N) is 4. The van der Waals surface area contributed by atoms with E-state index in [4.69, 9.17) is 4.42 Å². The molecule has 4 aromatic heterocycles. The van der Waals surface area contributed by atoms with Crippen LogP contribution in [0.3, 0.4) is 0 Å². The number of thiophene rings is 3. The molecule has 0 radical (unpaired) electrons. The van der Waals surface area contributed by atoms with Crippen molar-refractivity contribution < 1.29 is 4.42 Å². The third kappa shape index (κ3) is 16.4. The Labute approximate surface area is 742 Å². The molecule has 0 saturated carbocycles. The highest BCUT2D eigenvalue weighted by molar-refractivity contribution is 9.11. The van der Waals surface area contributed by atoms with E-state index in [1.165, 1.54) is 94.1 Å². The van der Waals surface area contributed by atoms with Crippen LogP contribution in [-0.2, 0) is 0 Å². The Morgan fingerprint density at radius 1 is 0.183 bits per heavy atom. The van der Waals surface area contributed by atoms with Crippen LogP contribution < -0.4 is 19.6 Å². The SMILES string of the molecule is Brc1ccc(-c2ccc3sc4cc(N(c5ccccc5)c5ccccc5)ccc4c3c2)cc1.Brc1ccc(-c2ccc3sc4ccc(N(c5ccccc5)c5ccccc5)cc4c3c2)cc1.Brc1cccc2c1oc1ccc(N(c3ccccc3)c3ccccc3)cc12.Brc1cccc2c1sc1ccc(N(c3ccccc3)c3ccccc3)cc12. The van der Waals surface area contributed by atoms with E-state index in [1.807, 2.05) is 58.3 Å². The number of furan rings is 1. The van der Waals surface area contributed by atoms with E-state index in [-0.39, 0.29) is 0 Å². The summed E-state index contributed by atoms with van der Waals surface area (Å²) in [5.41, 5.74) is 20.5. The molecular formula is C108H72Br4N4OS3. The van der Waals surface area contributed by atoms with Crippen molar-refractivity contribution in [1.29, 1.82) is 0 Å². The summed E-state index contributed by atoms with van der Waals surface area (Å²) in [5, 5.41) is 10.0. The fourth-order valence-corrected chi connectivity index (χ4v) is 20.5. The normalized spacial score (nSPS) is 11.2. The lowest BCUT2D eigenvalue weighted by Gasteiger charge is -2.25. The third-order valence-electron chi connectivity index (χ3n) is 21.3. The second kappa shape index (κ2) is 35.2. The number of anilines is 12. The van der Waals surface area contributed by atoms with Crippen LogP contribution in [0.2, 0.25) is 0 Å². The van der Waals surface area contributed by atoms with Gasteiger partial charge < -0.3 is 24.0 Å². The maximum absolute atomic E-state index is 6.06. The van der Waals surface area contributed by atoms with E-state index in [0.29, 0.717) is 0 Å². The smallest absolute Gasteiger partial charge is 0.149 e. The number of fused-ring (bicyclic) bond motifs is 12. The van der Waals surface area contributed by atoms with Crippen molar-refractivity contribution in [2.24, 2.45) is 0 Å². The molecular weight excluding hydrogens is 1790 g/mol. The zero-order valence-corrected chi connectivity index (χ0v) is 73.3. The maximum Gasteiger partial charge on any atom is 0.149 e. The van der Waals surface area contributed by atoms with E-state index >= 15 is 0 Å². The van der Waals surface area contributed by atoms with Crippen LogP contribution in [0.1, 0.15) is 0 Å². The van der Waals surface area contributed by atoms with Gasteiger partial charge in [-0.3, -0.25) is 0 Å². The molecule has 0 amide bonds. The Bertz CT molecular complexity index is 6960. The molecule has 0 bridgehead atoms. The molecule has 22 rings (SSSR count).